The van der Waals surface area contributed by atoms with Crippen LogP contribution in [0, 0.1) is 5.82 Å². The van der Waals surface area contributed by atoms with E-state index in [0.717, 1.165) is 18.2 Å². The number of H-pyrrole nitrogens is 1. The molecule has 0 aliphatic rings. The molecule has 158 valence electrons. The largest absolute Gasteiger partial charge is 0.417 e. The van der Waals surface area contributed by atoms with E-state index >= 15 is 0 Å². The maximum atomic E-state index is 14.2. The number of carbonyl (C=O) groups is 1. The molecular formula is C21H12ClF4N3O2. The molecule has 5 nitrogen and oxygen atoms in total. The third-order valence-corrected chi connectivity index (χ3v) is 4.53. The molecule has 3 aromatic carbocycles. The van der Waals surface area contributed by atoms with Gasteiger partial charge in [-0.1, -0.05) is 23.7 Å². The van der Waals surface area contributed by atoms with Gasteiger partial charge in [-0.2, -0.15) is 13.2 Å². The minimum Gasteiger partial charge on any atom is -0.410 e. The Morgan fingerprint density at radius 1 is 1.06 bits per heavy atom. The van der Waals surface area contributed by atoms with Crippen LogP contribution < -0.4 is 10.1 Å². The van der Waals surface area contributed by atoms with Crippen molar-refractivity contribution >= 4 is 34.4 Å². The first-order valence-corrected chi connectivity index (χ1v) is 9.19. The van der Waals surface area contributed by atoms with Gasteiger partial charge < -0.3 is 9.72 Å². The highest BCUT2D eigenvalue weighted by molar-refractivity contribution is 6.30. The molecule has 0 aliphatic carbocycles. The molecule has 10 heteroatoms. The number of ether oxygens (including phenoxy) is 1. The molecule has 0 radical (unpaired) electrons. The number of hydrogen-bond acceptors (Lipinski definition) is 3. The SMILES string of the molecule is O=C(Nc1cccc(Cl)c1)Oc1ccc2nc(-c3c(F)cccc3C(F)(F)F)[nH]c2c1. The molecule has 0 bridgehead atoms. The quantitative estimate of drug-likeness (QED) is 0.344. The fourth-order valence-electron chi connectivity index (χ4n) is 2.99. The molecule has 1 aromatic heterocycles. The van der Waals surface area contributed by atoms with E-state index in [-0.39, 0.29) is 22.6 Å². The summed E-state index contributed by atoms with van der Waals surface area (Å²) < 4.78 is 59.3. The Morgan fingerprint density at radius 3 is 2.58 bits per heavy atom. The Balaban J connectivity index is 1.62. The molecule has 1 amide bonds. The van der Waals surface area contributed by atoms with Gasteiger partial charge in [0.1, 0.15) is 17.4 Å². The highest BCUT2D eigenvalue weighted by atomic mass is 35.5. The number of aromatic nitrogens is 2. The molecule has 0 spiro atoms. The zero-order chi connectivity index (χ0) is 22.2. The summed E-state index contributed by atoms with van der Waals surface area (Å²) in [6.45, 7) is 0. The van der Waals surface area contributed by atoms with Crippen molar-refractivity contribution in [2.45, 2.75) is 6.18 Å². The standard InChI is InChI=1S/C21H12ClF4N3O2/c22-11-3-1-4-12(9-11)27-20(30)31-13-7-8-16-17(10-13)29-19(28-16)18-14(21(24,25)26)5-2-6-15(18)23/h1-10H,(H,27,30)(H,28,29). The van der Waals surface area contributed by atoms with Crippen LogP contribution in [0.1, 0.15) is 5.56 Å². The molecule has 2 N–H and O–H groups in total. The summed E-state index contributed by atoms with van der Waals surface area (Å²) in [5.74, 6) is -1.25. The predicted octanol–water partition coefficient (Wildman–Crippen LogP) is 6.65. The number of halogens is 5. The lowest BCUT2D eigenvalue weighted by Gasteiger charge is -2.11. The van der Waals surface area contributed by atoms with Crippen LogP contribution in [0.25, 0.3) is 22.4 Å². The molecule has 0 unspecified atom stereocenters. The van der Waals surface area contributed by atoms with Gasteiger partial charge in [0.05, 0.1) is 22.2 Å². The normalized spacial score (nSPS) is 11.5. The van der Waals surface area contributed by atoms with Gasteiger partial charge >= 0.3 is 12.3 Å². The second-order valence-electron chi connectivity index (χ2n) is 6.45. The number of imidazole rings is 1. The summed E-state index contributed by atoms with van der Waals surface area (Å²) in [4.78, 5) is 18.8. The highest BCUT2D eigenvalue weighted by Crippen LogP contribution is 2.38. The lowest BCUT2D eigenvalue weighted by atomic mass is 10.1. The number of carbonyl (C=O) groups excluding carboxylic acids is 1. The Hall–Kier alpha value is -3.59. The van der Waals surface area contributed by atoms with Gasteiger partial charge in [-0.15, -0.1) is 0 Å². The maximum absolute atomic E-state index is 14.2. The number of aromatic amines is 1. The summed E-state index contributed by atoms with van der Waals surface area (Å²) >= 11 is 5.86. The predicted molar refractivity (Wildman–Crippen MR) is 108 cm³/mol. The van der Waals surface area contributed by atoms with Crippen LogP contribution >= 0.6 is 11.6 Å². The van der Waals surface area contributed by atoms with Crippen molar-refractivity contribution in [3.8, 4) is 17.1 Å². The Kier molecular flexibility index (Phi) is 5.28. The van der Waals surface area contributed by atoms with Crippen LogP contribution in [0.5, 0.6) is 5.75 Å². The van der Waals surface area contributed by atoms with Crippen molar-refractivity contribution in [1.29, 1.82) is 0 Å². The van der Waals surface area contributed by atoms with E-state index in [9.17, 15) is 22.4 Å². The van der Waals surface area contributed by atoms with Gasteiger partial charge in [-0.3, -0.25) is 5.32 Å². The summed E-state index contributed by atoms with van der Waals surface area (Å²) in [5.41, 5.74) is -0.883. The van der Waals surface area contributed by atoms with E-state index in [1.54, 1.807) is 18.2 Å². The second-order valence-corrected chi connectivity index (χ2v) is 6.89. The number of alkyl halides is 3. The molecule has 0 aliphatic heterocycles. The average Bonchev–Trinajstić information content (AvgIpc) is 3.10. The van der Waals surface area contributed by atoms with Crippen molar-refractivity contribution in [3.63, 3.8) is 0 Å². The molecule has 4 aromatic rings. The van der Waals surface area contributed by atoms with Crippen LogP contribution in [0.4, 0.5) is 28.0 Å². The summed E-state index contributed by atoms with van der Waals surface area (Å²) in [6, 6.07) is 13.3. The van der Waals surface area contributed by atoms with Crippen molar-refractivity contribution in [2.24, 2.45) is 0 Å². The van der Waals surface area contributed by atoms with Crippen LogP contribution in [-0.4, -0.2) is 16.1 Å². The fraction of sp³-hybridized carbons (Fsp3) is 0.0476. The first kappa shape index (κ1) is 20.7. The van der Waals surface area contributed by atoms with E-state index in [0.29, 0.717) is 10.7 Å². The van der Waals surface area contributed by atoms with Gasteiger partial charge in [0.2, 0.25) is 0 Å². The number of nitrogens with one attached hydrogen (secondary N) is 2. The summed E-state index contributed by atoms with van der Waals surface area (Å²) in [6.07, 6.45) is -5.56. The van der Waals surface area contributed by atoms with E-state index in [1.807, 2.05) is 0 Å². The Morgan fingerprint density at radius 2 is 1.84 bits per heavy atom. The smallest absolute Gasteiger partial charge is 0.410 e. The number of fused-ring (bicyclic) bond motifs is 1. The van der Waals surface area contributed by atoms with Gasteiger partial charge in [0, 0.05) is 16.8 Å². The zero-order valence-corrected chi connectivity index (χ0v) is 16.2. The maximum Gasteiger partial charge on any atom is 0.417 e. The number of anilines is 1. The molecule has 0 atom stereocenters. The Bertz CT molecular complexity index is 1290. The van der Waals surface area contributed by atoms with Gasteiger partial charge in [0.15, 0.2) is 0 Å². The minimum absolute atomic E-state index is 0.104. The van der Waals surface area contributed by atoms with Crippen LogP contribution in [0.3, 0.4) is 0 Å². The van der Waals surface area contributed by atoms with Crippen LogP contribution in [0.15, 0.2) is 60.7 Å². The molecular weight excluding hydrogens is 438 g/mol. The summed E-state index contributed by atoms with van der Waals surface area (Å²) in [5, 5.41) is 2.92. The molecule has 1 heterocycles. The third-order valence-electron chi connectivity index (χ3n) is 4.29. The zero-order valence-electron chi connectivity index (χ0n) is 15.4. The number of hydrogen-bond donors (Lipinski definition) is 2. The molecule has 31 heavy (non-hydrogen) atoms. The Labute approximate surface area is 177 Å². The topological polar surface area (TPSA) is 67.0 Å². The highest BCUT2D eigenvalue weighted by Gasteiger charge is 2.35. The molecule has 0 saturated heterocycles. The van der Waals surface area contributed by atoms with E-state index in [4.69, 9.17) is 16.3 Å². The van der Waals surface area contributed by atoms with Crippen LogP contribution in [0.2, 0.25) is 5.02 Å². The van der Waals surface area contributed by atoms with E-state index < -0.39 is 29.2 Å². The van der Waals surface area contributed by atoms with Crippen molar-refractivity contribution in [1.82, 2.24) is 9.97 Å². The lowest BCUT2D eigenvalue weighted by molar-refractivity contribution is -0.137. The van der Waals surface area contributed by atoms with Crippen molar-refractivity contribution in [2.75, 3.05) is 5.32 Å². The van der Waals surface area contributed by atoms with Gasteiger partial charge in [-0.05, 0) is 42.5 Å². The van der Waals surface area contributed by atoms with E-state index in [2.05, 4.69) is 15.3 Å². The number of nitrogens with zero attached hydrogens (tertiary/aromatic N) is 1. The summed E-state index contributed by atoms with van der Waals surface area (Å²) in [7, 11) is 0. The first-order valence-electron chi connectivity index (χ1n) is 8.81. The van der Waals surface area contributed by atoms with Crippen molar-refractivity contribution in [3.05, 3.63) is 77.1 Å². The fourth-order valence-corrected chi connectivity index (χ4v) is 3.18. The minimum atomic E-state index is -4.76. The van der Waals surface area contributed by atoms with Gasteiger partial charge in [0.25, 0.3) is 0 Å². The van der Waals surface area contributed by atoms with Crippen molar-refractivity contribution < 1.29 is 27.1 Å². The first-order chi connectivity index (χ1) is 14.7. The molecule has 4 rings (SSSR count). The van der Waals surface area contributed by atoms with Gasteiger partial charge in [-0.25, -0.2) is 14.2 Å². The monoisotopic (exact) mass is 449 g/mol. The number of benzene rings is 3. The third kappa shape index (κ3) is 4.46. The number of rotatable bonds is 3. The van der Waals surface area contributed by atoms with E-state index in [1.165, 1.54) is 24.3 Å². The number of amides is 1. The second kappa shape index (κ2) is 7.92. The molecule has 0 saturated carbocycles. The average molecular weight is 450 g/mol. The molecule has 0 fully saturated rings. The lowest BCUT2D eigenvalue weighted by Crippen LogP contribution is -2.16. The van der Waals surface area contributed by atoms with Crippen LogP contribution in [-0.2, 0) is 6.18 Å².